The topological polar surface area (TPSA) is 44.1 Å². The van der Waals surface area contributed by atoms with Gasteiger partial charge in [0.15, 0.2) is 0 Å². The van der Waals surface area contributed by atoms with E-state index in [0.29, 0.717) is 13.2 Å². The molecule has 1 aromatic heterocycles. The van der Waals surface area contributed by atoms with Crippen LogP contribution in [-0.4, -0.2) is 35.5 Å². The molecule has 0 saturated heterocycles. The number of aromatic nitrogens is 2. The van der Waals surface area contributed by atoms with Crippen molar-refractivity contribution in [1.29, 1.82) is 0 Å². The minimum absolute atomic E-state index is 0.307. The predicted molar refractivity (Wildman–Crippen MR) is 44.5 cm³/mol. The molecule has 1 rings (SSSR count). The fraction of sp³-hybridized carbons (Fsp3) is 0.500. The van der Waals surface area contributed by atoms with E-state index in [-0.39, 0.29) is 0 Å². The molecule has 0 aromatic carbocycles. The summed E-state index contributed by atoms with van der Waals surface area (Å²) in [6.45, 7) is 0.628. The van der Waals surface area contributed by atoms with E-state index in [0.717, 1.165) is 12.4 Å². The lowest BCUT2D eigenvalue weighted by atomic mass is 10.2. The number of nitrogens with zero attached hydrogens (tertiary/aromatic N) is 2. The molecule has 0 unspecified atom stereocenters. The number of ketones is 1. The molecule has 0 radical (unpaired) electrons. The maximum absolute atomic E-state index is 12.0. The van der Waals surface area contributed by atoms with Crippen molar-refractivity contribution in [3.05, 3.63) is 18.0 Å². The van der Waals surface area contributed by atoms with Crippen LogP contribution in [0.25, 0.3) is 0 Å². The molecule has 84 valence electrons. The summed E-state index contributed by atoms with van der Waals surface area (Å²) >= 11 is 0. The minimum atomic E-state index is -4.85. The van der Waals surface area contributed by atoms with Gasteiger partial charge in [0.2, 0.25) is 0 Å². The second kappa shape index (κ2) is 4.43. The Morgan fingerprint density at radius 2 is 2.27 bits per heavy atom. The van der Waals surface area contributed by atoms with Gasteiger partial charge in [-0.2, -0.15) is 18.3 Å². The number of methoxy groups -OCH3 is 1. The third-order valence-electron chi connectivity index (χ3n) is 1.68. The van der Waals surface area contributed by atoms with Crippen molar-refractivity contribution in [1.82, 2.24) is 9.78 Å². The van der Waals surface area contributed by atoms with E-state index in [1.165, 1.54) is 11.8 Å². The van der Waals surface area contributed by atoms with Crippen LogP contribution in [-0.2, 0) is 11.3 Å². The number of hydrogen-bond donors (Lipinski definition) is 0. The fourth-order valence-corrected chi connectivity index (χ4v) is 0.952. The molecule has 0 aliphatic heterocycles. The molecule has 0 atom stereocenters. The van der Waals surface area contributed by atoms with Crippen molar-refractivity contribution < 1.29 is 22.7 Å². The van der Waals surface area contributed by atoms with E-state index < -0.39 is 17.5 Å². The summed E-state index contributed by atoms with van der Waals surface area (Å²) in [7, 11) is 1.46. The van der Waals surface area contributed by atoms with Gasteiger partial charge in [-0.25, -0.2) is 0 Å². The highest BCUT2D eigenvalue weighted by molar-refractivity contribution is 5.99. The molecule has 0 bridgehead atoms. The summed E-state index contributed by atoms with van der Waals surface area (Å²) in [6.07, 6.45) is -2.91. The van der Waals surface area contributed by atoms with Gasteiger partial charge in [0.25, 0.3) is 5.78 Å². The SMILES string of the molecule is COCCn1cc(C(=O)C(F)(F)F)cn1. The Bertz CT molecular complexity index is 346. The first-order valence-corrected chi connectivity index (χ1v) is 4.08. The van der Waals surface area contributed by atoms with Gasteiger partial charge in [0.05, 0.1) is 24.9 Å². The summed E-state index contributed by atoms with van der Waals surface area (Å²) in [6, 6.07) is 0. The van der Waals surface area contributed by atoms with Crippen LogP contribution in [0.3, 0.4) is 0 Å². The van der Waals surface area contributed by atoms with Crippen LogP contribution in [0.15, 0.2) is 12.4 Å². The summed E-state index contributed by atoms with van der Waals surface area (Å²) in [5.74, 6) is -1.88. The third-order valence-corrected chi connectivity index (χ3v) is 1.68. The average Bonchev–Trinajstić information content (AvgIpc) is 2.60. The van der Waals surface area contributed by atoms with Crippen LogP contribution >= 0.6 is 0 Å². The van der Waals surface area contributed by atoms with E-state index in [1.807, 2.05) is 0 Å². The maximum atomic E-state index is 12.0. The number of carbonyl (C=O) groups excluding carboxylic acids is 1. The molecule has 1 aromatic rings. The summed E-state index contributed by atoms with van der Waals surface area (Å²) in [4.78, 5) is 10.7. The highest BCUT2D eigenvalue weighted by atomic mass is 19.4. The molecular formula is C8H9F3N2O2. The lowest BCUT2D eigenvalue weighted by molar-refractivity contribution is -0.0885. The van der Waals surface area contributed by atoms with Gasteiger partial charge in [-0.15, -0.1) is 0 Å². The van der Waals surface area contributed by atoms with Crippen molar-refractivity contribution in [2.24, 2.45) is 0 Å². The van der Waals surface area contributed by atoms with Gasteiger partial charge in [-0.3, -0.25) is 9.48 Å². The molecule has 15 heavy (non-hydrogen) atoms. The molecule has 0 fully saturated rings. The first-order chi connectivity index (χ1) is 6.95. The fourth-order valence-electron chi connectivity index (χ4n) is 0.952. The van der Waals surface area contributed by atoms with E-state index in [1.54, 1.807) is 0 Å². The number of ether oxygens (including phenoxy) is 1. The number of carbonyl (C=O) groups is 1. The van der Waals surface area contributed by atoms with Gasteiger partial charge in [0, 0.05) is 13.3 Å². The minimum Gasteiger partial charge on any atom is -0.383 e. The molecule has 7 heteroatoms. The van der Waals surface area contributed by atoms with E-state index in [4.69, 9.17) is 4.74 Å². The van der Waals surface area contributed by atoms with Crippen LogP contribution in [0.4, 0.5) is 13.2 Å². The zero-order valence-corrected chi connectivity index (χ0v) is 7.91. The van der Waals surface area contributed by atoms with Crippen molar-refractivity contribution >= 4 is 5.78 Å². The second-order valence-corrected chi connectivity index (χ2v) is 2.81. The quantitative estimate of drug-likeness (QED) is 0.720. The monoisotopic (exact) mass is 222 g/mol. The zero-order chi connectivity index (χ0) is 11.5. The van der Waals surface area contributed by atoms with Crippen molar-refractivity contribution in [2.45, 2.75) is 12.7 Å². The smallest absolute Gasteiger partial charge is 0.383 e. The second-order valence-electron chi connectivity index (χ2n) is 2.81. The molecule has 1 heterocycles. The van der Waals surface area contributed by atoms with Crippen LogP contribution in [0, 0.1) is 0 Å². The zero-order valence-electron chi connectivity index (χ0n) is 7.91. The Morgan fingerprint density at radius 1 is 1.60 bits per heavy atom. The molecule has 0 aliphatic carbocycles. The first kappa shape index (κ1) is 11.7. The molecule has 4 nitrogen and oxygen atoms in total. The Balaban J connectivity index is 2.72. The Kier molecular flexibility index (Phi) is 3.46. The van der Waals surface area contributed by atoms with Crippen LogP contribution in [0.1, 0.15) is 10.4 Å². The van der Waals surface area contributed by atoms with Crippen LogP contribution in [0.5, 0.6) is 0 Å². The normalized spacial score (nSPS) is 11.7. The molecule has 0 spiro atoms. The van der Waals surface area contributed by atoms with E-state index in [9.17, 15) is 18.0 Å². The van der Waals surface area contributed by atoms with Gasteiger partial charge in [-0.05, 0) is 0 Å². The molecule has 0 saturated carbocycles. The highest BCUT2D eigenvalue weighted by Crippen LogP contribution is 2.20. The van der Waals surface area contributed by atoms with Gasteiger partial charge < -0.3 is 4.74 Å². The Hall–Kier alpha value is -1.37. The van der Waals surface area contributed by atoms with Crippen molar-refractivity contribution in [2.75, 3.05) is 13.7 Å². The molecule has 0 N–H and O–H groups in total. The summed E-state index contributed by atoms with van der Waals surface area (Å²) < 4.78 is 41.9. The first-order valence-electron chi connectivity index (χ1n) is 4.08. The third kappa shape index (κ3) is 3.05. The number of halogens is 3. The number of Topliss-reactive ketones (excluding diaryl/α,β-unsaturated/α-hetero) is 1. The summed E-state index contributed by atoms with van der Waals surface area (Å²) in [5.41, 5.74) is -0.460. The largest absolute Gasteiger partial charge is 0.454 e. The van der Waals surface area contributed by atoms with Crippen molar-refractivity contribution in [3.8, 4) is 0 Å². The van der Waals surface area contributed by atoms with Gasteiger partial charge in [-0.1, -0.05) is 0 Å². The lowest BCUT2D eigenvalue weighted by Crippen LogP contribution is -2.22. The van der Waals surface area contributed by atoms with Crippen LogP contribution < -0.4 is 0 Å². The lowest BCUT2D eigenvalue weighted by Gasteiger charge is -2.01. The highest BCUT2D eigenvalue weighted by Gasteiger charge is 2.39. The molecular weight excluding hydrogens is 213 g/mol. The maximum Gasteiger partial charge on any atom is 0.454 e. The Labute approximate surface area is 83.6 Å². The predicted octanol–water partition coefficient (Wildman–Crippen LogP) is 1.27. The van der Waals surface area contributed by atoms with Gasteiger partial charge in [0.1, 0.15) is 0 Å². The average molecular weight is 222 g/mol. The Morgan fingerprint density at radius 3 is 2.80 bits per heavy atom. The van der Waals surface area contributed by atoms with E-state index in [2.05, 4.69) is 5.10 Å². The summed E-state index contributed by atoms with van der Waals surface area (Å²) in [5, 5.41) is 3.60. The number of hydrogen-bond acceptors (Lipinski definition) is 3. The molecule has 0 amide bonds. The molecule has 0 aliphatic rings. The van der Waals surface area contributed by atoms with Gasteiger partial charge >= 0.3 is 6.18 Å². The number of alkyl halides is 3. The van der Waals surface area contributed by atoms with Crippen LogP contribution in [0.2, 0.25) is 0 Å². The van der Waals surface area contributed by atoms with E-state index >= 15 is 0 Å². The standard InChI is InChI=1S/C8H9F3N2O2/c1-15-3-2-13-5-6(4-12-13)7(14)8(9,10)11/h4-5H,2-3H2,1H3. The number of rotatable bonds is 4. The van der Waals surface area contributed by atoms with Crippen molar-refractivity contribution in [3.63, 3.8) is 0 Å².